The van der Waals surface area contributed by atoms with Crippen LogP contribution in [0, 0.1) is 5.92 Å². The van der Waals surface area contributed by atoms with Gasteiger partial charge in [-0.2, -0.15) is 0 Å². The van der Waals surface area contributed by atoms with Crippen molar-refractivity contribution in [1.82, 2.24) is 5.32 Å². The van der Waals surface area contributed by atoms with Gasteiger partial charge in [0.25, 0.3) is 0 Å². The van der Waals surface area contributed by atoms with Crippen LogP contribution in [0.4, 0.5) is 0 Å². The normalized spacial score (nSPS) is 18.9. The highest BCUT2D eigenvalue weighted by Gasteiger charge is 2.21. The van der Waals surface area contributed by atoms with Gasteiger partial charge in [0.2, 0.25) is 5.91 Å². The van der Waals surface area contributed by atoms with E-state index in [-0.39, 0.29) is 17.5 Å². The summed E-state index contributed by atoms with van der Waals surface area (Å²) in [4.78, 5) is 22.5. The maximum atomic E-state index is 11.8. The second-order valence-electron chi connectivity index (χ2n) is 4.19. The third-order valence-corrected chi connectivity index (χ3v) is 3.00. The Hall–Kier alpha value is -1.32. The van der Waals surface area contributed by atoms with Crippen LogP contribution in [-0.2, 0) is 9.59 Å². The van der Waals surface area contributed by atoms with Crippen molar-refractivity contribution in [2.45, 2.75) is 45.4 Å². The first kappa shape index (κ1) is 12.7. The van der Waals surface area contributed by atoms with Crippen LogP contribution in [-0.4, -0.2) is 17.0 Å². The first-order valence-corrected chi connectivity index (χ1v) is 5.85. The van der Waals surface area contributed by atoms with E-state index in [9.17, 15) is 9.59 Å². The van der Waals surface area contributed by atoms with Crippen molar-refractivity contribution < 1.29 is 14.7 Å². The number of carboxylic acids is 1. The summed E-state index contributed by atoms with van der Waals surface area (Å²) in [6.45, 7) is 1.61. The van der Waals surface area contributed by atoms with Crippen LogP contribution >= 0.6 is 0 Å². The van der Waals surface area contributed by atoms with Gasteiger partial charge in [-0.25, -0.2) is 4.79 Å². The zero-order valence-electron chi connectivity index (χ0n) is 9.66. The Morgan fingerprint density at radius 1 is 1.19 bits per heavy atom. The van der Waals surface area contributed by atoms with Crippen LogP contribution in [0.5, 0.6) is 0 Å². The lowest BCUT2D eigenvalue weighted by atomic mass is 9.99. The average molecular weight is 225 g/mol. The summed E-state index contributed by atoms with van der Waals surface area (Å²) in [5.41, 5.74) is -0.0192. The molecule has 0 spiro atoms. The lowest BCUT2D eigenvalue weighted by molar-refractivity contribution is -0.135. The Kier molecular flexibility index (Phi) is 5.02. The second kappa shape index (κ2) is 6.30. The fourth-order valence-corrected chi connectivity index (χ4v) is 2.03. The Balaban J connectivity index is 2.53. The highest BCUT2D eigenvalue weighted by atomic mass is 16.4. The molecule has 0 aromatic carbocycles. The molecule has 0 bridgehead atoms. The van der Waals surface area contributed by atoms with Crippen molar-refractivity contribution in [2.24, 2.45) is 5.92 Å². The molecule has 1 aliphatic carbocycles. The molecule has 16 heavy (non-hydrogen) atoms. The lowest BCUT2D eigenvalue weighted by Crippen LogP contribution is -2.32. The molecule has 0 radical (unpaired) electrons. The lowest BCUT2D eigenvalue weighted by Gasteiger charge is -2.14. The molecule has 1 saturated carbocycles. The van der Waals surface area contributed by atoms with Crippen molar-refractivity contribution in [3.63, 3.8) is 0 Å². The van der Waals surface area contributed by atoms with Crippen LogP contribution in [0.3, 0.4) is 0 Å². The zero-order chi connectivity index (χ0) is 12.0. The fraction of sp³-hybridized carbons (Fsp3) is 0.667. The number of aliphatic carboxylic acids is 1. The van der Waals surface area contributed by atoms with Crippen molar-refractivity contribution in [3.8, 4) is 0 Å². The number of hydrogen-bond acceptors (Lipinski definition) is 2. The maximum absolute atomic E-state index is 11.8. The van der Waals surface area contributed by atoms with Crippen LogP contribution in [0.25, 0.3) is 0 Å². The number of allylic oxidation sites excluding steroid dienone is 1. The first-order valence-electron chi connectivity index (χ1n) is 5.85. The molecule has 4 heteroatoms. The topological polar surface area (TPSA) is 66.4 Å². The largest absolute Gasteiger partial charge is 0.477 e. The van der Waals surface area contributed by atoms with Crippen LogP contribution < -0.4 is 5.32 Å². The minimum absolute atomic E-state index is 0.0169. The van der Waals surface area contributed by atoms with Gasteiger partial charge in [0.15, 0.2) is 0 Å². The molecule has 1 aliphatic rings. The van der Waals surface area contributed by atoms with Crippen molar-refractivity contribution in [2.75, 3.05) is 0 Å². The van der Waals surface area contributed by atoms with Gasteiger partial charge in [-0.15, -0.1) is 0 Å². The number of hydrogen-bond donors (Lipinski definition) is 2. The molecule has 0 aromatic rings. The van der Waals surface area contributed by atoms with Crippen LogP contribution in [0.1, 0.15) is 45.4 Å². The standard InChI is InChI=1S/C12H19NO3/c1-2-10(12(15)16)13-11(14)9-7-5-3-4-6-8-9/h2,9H,3-8H2,1H3,(H,13,14)(H,15,16)/b10-2+. The van der Waals surface area contributed by atoms with Gasteiger partial charge in [0, 0.05) is 5.92 Å². The predicted molar refractivity (Wildman–Crippen MR) is 60.7 cm³/mol. The number of amides is 1. The van der Waals surface area contributed by atoms with Gasteiger partial charge < -0.3 is 10.4 Å². The summed E-state index contributed by atoms with van der Waals surface area (Å²) in [5.74, 6) is -1.24. The van der Waals surface area contributed by atoms with Crippen molar-refractivity contribution >= 4 is 11.9 Å². The summed E-state index contributed by atoms with van der Waals surface area (Å²) in [6, 6.07) is 0. The molecular weight excluding hydrogens is 206 g/mol. The first-order chi connectivity index (χ1) is 7.65. The van der Waals surface area contributed by atoms with Crippen molar-refractivity contribution in [1.29, 1.82) is 0 Å². The molecule has 2 N–H and O–H groups in total. The Bertz CT molecular complexity index is 289. The minimum atomic E-state index is -1.08. The van der Waals surface area contributed by atoms with E-state index in [4.69, 9.17) is 5.11 Å². The molecule has 0 atom stereocenters. The summed E-state index contributed by atoms with van der Waals surface area (Å²) in [6.07, 6.45) is 7.66. The molecule has 0 saturated heterocycles. The molecule has 0 unspecified atom stereocenters. The van der Waals surface area contributed by atoms with Gasteiger partial charge >= 0.3 is 5.97 Å². The Morgan fingerprint density at radius 3 is 2.19 bits per heavy atom. The van der Waals surface area contributed by atoms with E-state index in [0.29, 0.717) is 0 Å². The minimum Gasteiger partial charge on any atom is -0.477 e. The number of carbonyl (C=O) groups is 2. The van der Waals surface area contributed by atoms with Gasteiger partial charge in [0.05, 0.1) is 0 Å². The third-order valence-electron chi connectivity index (χ3n) is 3.00. The number of nitrogens with one attached hydrogen (secondary N) is 1. The zero-order valence-corrected chi connectivity index (χ0v) is 9.66. The smallest absolute Gasteiger partial charge is 0.352 e. The SMILES string of the molecule is C/C=C(/NC(=O)C1CCCCCC1)C(=O)O. The van der Waals surface area contributed by atoms with E-state index in [1.54, 1.807) is 6.92 Å². The van der Waals surface area contributed by atoms with Gasteiger partial charge in [-0.05, 0) is 19.8 Å². The highest BCUT2D eigenvalue weighted by Crippen LogP contribution is 2.23. The molecular formula is C12H19NO3. The number of carbonyl (C=O) groups excluding carboxylic acids is 1. The molecule has 1 amide bonds. The molecule has 0 aliphatic heterocycles. The molecule has 1 fully saturated rings. The van der Waals surface area contributed by atoms with Crippen molar-refractivity contribution in [3.05, 3.63) is 11.8 Å². The molecule has 1 rings (SSSR count). The van der Waals surface area contributed by atoms with E-state index in [0.717, 1.165) is 25.7 Å². The van der Waals surface area contributed by atoms with E-state index in [1.165, 1.54) is 18.9 Å². The monoisotopic (exact) mass is 225 g/mol. The quantitative estimate of drug-likeness (QED) is 0.570. The summed E-state index contributed by atoms with van der Waals surface area (Å²) in [7, 11) is 0. The number of carboxylic acid groups (broad SMARTS) is 1. The van der Waals surface area contributed by atoms with E-state index in [1.807, 2.05) is 0 Å². The van der Waals surface area contributed by atoms with Crippen LogP contribution in [0.2, 0.25) is 0 Å². The average Bonchev–Trinajstić information content (AvgIpc) is 2.53. The maximum Gasteiger partial charge on any atom is 0.352 e. The third kappa shape index (κ3) is 3.68. The summed E-state index contributed by atoms with van der Waals surface area (Å²) < 4.78 is 0. The predicted octanol–water partition coefficient (Wildman–Crippen LogP) is 2.06. The molecule has 90 valence electrons. The van der Waals surface area contributed by atoms with E-state index in [2.05, 4.69) is 5.32 Å². The highest BCUT2D eigenvalue weighted by molar-refractivity contribution is 5.93. The Morgan fingerprint density at radius 2 is 1.75 bits per heavy atom. The molecule has 4 nitrogen and oxygen atoms in total. The molecule has 0 heterocycles. The van der Waals surface area contributed by atoms with Gasteiger partial charge in [-0.3, -0.25) is 4.79 Å². The second-order valence-corrected chi connectivity index (χ2v) is 4.19. The number of rotatable bonds is 3. The Labute approximate surface area is 95.7 Å². The van der Waals surface area contributed by atoms with Gasteiger partial charge in [-0.1, -0.05) is 31.8 Å². The van der Waals surface area contributed by atoms with E-state index >= 15 is 0 Å². The van der Waals surface area contributed by atoms with Crippen LogP contribution in [0.15, 0.2) is 11.8 Å². The van der Waals surface area contributed by atoms with E-state index < -0.39 is 5.97 Å². The summed E-state index contributed by atoms with van der Waals surface area (Å²) in [5, 5.41) is 11.3. The summed E-state index contributed by atoms with van der Waals surface area (Å²) >= 11 is 0. The molecule has 0 aromatic heterocycles. The van der Waals surface area contributed by atoms with Gasteiger partial charge in [0.1, 0.15) is 5.70 Å². The fourth-order valence-electron chi connectivity index (χ4n) is 2.03.